The summed E-state index contributed by atoms with van der Waals surface area (Å²) >= 11 is 0. The van der Waals surface area contributed by atoms with Crippen molar-refractivity contribution < 1.29 is 19.2 Å². The van der Waals surface area contributed by atoms with E-state index in [4.69, 9.17) is 14.4 Å². The van der Waals surface area contributed by atoms with E-state index in [9.17, 15) is 4.79 Å². The maximum absolute atomic E-state index is 11.2. The van der Waals surface area contributed by atoms with Gasteiger partial charge in [0.05, 0.1) is 17.8 Å². The first kappa shape index (κ1) is 12.1. The minimum absolute atomic E-state index is 0.243. The van der Waals surface area contributed by atoms with Gasteiger partial charge in [-0.15, -0.1) is 0 Å². The number of carboxylic acid groups (broad SMARTS) is 1. The Morgan fingerprint density at radius 2 is 2.18 bits per heavy atom. The standard InChI is InChI=1S/C12H15BO4/c1-8-5-4-6-9(11(14)15)10(8)13-16-7-12(2,3)17-13/h4-6H,7H2,1-3H3,(H,14,15). The van der Waals surface area contributed by atoms with Crippen LogP contribution in [0.3, 0.4) is 0 Å². The van der Waals surface area contributed by atoms with E-state index in [0.717, 1.165) is 5.56 Å². The van der Waals surface area contributed by atoms with Gasteiger partial charge in [0.2, 0.25) is 0 Å². The van der Waals surface area contributed by atoms with E-state index >= 15 is 0 Å². The molecule has 17 heavy (non-hydrogen) atoms. The third-order valence-electron chi connectivity index (χ3n) is 2.80. The summed E-state index contributed by atoms with van der Waals surface area (Å²) in [5.41, 5.74) is 1.36. The Morgan fingerprint density at radius 1 is 1.47 bits per heavy atom. The van der Waals surface area contributed by atoms with Gasteiger partial charge in [-0.1, -0.05) is 17.7 Å². The molecule has 2 rings (SSSR count). The summed E-state index contributed by atoms with van der Waals surface area (Å²) in [6.07, 6.45) is 0. The average molecular weight is 234 g/mol. The summed E-state index contributed by atoms with van der Waals surface area (Å²) in [5, 5.41) is 9.17. The van der Waals surface area contributed by atoms with Crippen LogP contribution >= 0.6 is 0 Å². The van der Waals surface area contributed by atoms with Gasteiger partial charge in [-0.3, -0.25) is 0 Å². The van der Waals surface area contributed by atoms with Crippen molar-refractivity contribution in [2.75, 3.05) is 6.61 Å². The fraction of sp³-hybridized carbons (Fsp3) is 0.417. The van der Waals surface area contributed by atoms with E-state index in [2.05, 4.69) is 0 Å². The highest BCUT2D eigenvalue weighted by molar-refractivity contribution is 6.64. The van der Waals surface area contributed by atoms with Gasteiger partial charge < -0.3 is 14.4 Å². The van der Waals surface area contributed by atoms with Crippen molar-refractivity contribution in [2.45, 2.75) is 26.4 Å². The molecule has 1 N–H and O–H groups in total. The Bertz CT molecular complexity index is 456. The highest BCUT2D eigenvalue weighted by atomic mass is 16.7. The zero-order valence-corrected chi connectivity index (χ0v) is 10.2. The number of carboxylic acids is 1. The zero-order valence-electron chi connectivity index (χ0n) is 10.2. The van der Waals surface area contributed by atoms with Gasteiger partial charge in [-0.25, -0.2) is 4.79 Å². The van der Waals surface area contributed by atoms with Crippen molar-refractivity contribution >= 4 is 18.6 Å². The summed E-state index contributed by atoms with van der Waals surface area (Å²) in [6, 6.07) is 5.16. The van der Waals surface area contributed by atoms with Crippen LogP contribution < -0.4 is 5.46 Å². The average Bonchev–Trinajstić information content (AvgIpc) is 2.58. The molecular formula is C12H15BO4. The summed E-state index contributed by atoms with van der Waals surface area (Å²) in [5.74, 6) is -0.958. The molecule has 4 nitrogen and oxygen atoms in total. The summed E-state index contributed by atoms with van der Waals surface area (Å²) in [6.45, 7) is 6.17. The van der Waals surface area contributed by atoms with Crippen molar-refractivity contribution in [1.29, 1.82) is 0 Å². The van der Waals surface area contributed by atoms with E-state index in [-0.39, 0.29) is 11.2 Å². The molecule has 0 atom stereocenters. The second-order valence-electron chi connectivity index (χ2n) is 4.86. The van der Waals surface area contributed by atoms with Crippen molar-refractivity contribution in [2.24, 2.45) is 0 Å². The lowest BCUT2D eigenvalue weighted by atomic mass is 9.73. The number of benzene rings is 1. The fourth-order valence-electron chi connectivity index (χ4n) is 1.96. The Labute approximate surface area is 101 Å². The van der Waals surface area contributed by atoms with Gasteiger partial charge in [0.15, 0.2) is 0 Å². The monoisotopic (exact) mass is 234 g/mol. The third-order valence-corrected chi connectivity index (χ3v) is 2.80. The van der Waals surface area contributed by atoms with Gasteiger partial charge in [0, 0.05) is 0 Å². The molecular weight excluding hydrogens is 219 g/mol. The minimum atomic E-state index is -0.958. The Morgan fingerprint density at radius 3 is 2.71 bits per heavy atom. The molecule has 1 saturated heterocycles. The van der Waals surface area contributed by atoms with Crippen LogP contribution in [0.2, 0.25) is 0 Å². The van der Waals surface area contributed by atoms with E-state index in [1.807, 2.05) is 26.8 Å². The first-order chi connectivity index (χ1) is 7.91. The van der Waals surface area contributed by atoms with Gasteiger partial charge in [-0.05, 0) is 32.3 Å². The molecule has 90 valence electrons. The van der Waals surface area contributed by atoms with Crippen LogP contribution in [0.15, 0.2) is 18.2 Å². The third kappa shape index (κ3) is 2.35. The molecule has 5 heteroatoms. The summed E-state index contributed by atoms with van der Waals surface area (Å²) in [7, 11) is -0.586. The molecule has 1 aromatic carbocycles. The van der Waals surface area contributed by atoms with Crippen LogP contribution in [0, 0.1) is 6.92 Å². The molecule has 0 saturated carbocycles. The Kier molecular flexibility index (Phi) is 2.97. The summed E-state index contributed by atoms with van der Waals surface area (Å²) in [4.78, 5) is 11.2. The molecule has 0 aliphatic carbocycles. The first-order valence-corrected chi connectivity index (χ1v) is 5.53. The quantitative estimate of drug-likeness (QED) is 0.781. The van der Waals surface area contributed by atoms with Crippen LogP contribution in [0.5, 0.6) is 0 Å². The van der Waals surface area contributed by atoms with Crippen LogP contribution in [0.25, 0.3) is 0 Å². The van der Waals surface area contributed by atoms with Crippen molar-refractivity contribution in [3.05, 3.63) is 29.3 Å². The first-order valence-electron chi connectivity index (χ1n) is 5.53. The van der Waals surface area contributed by atoms with Crippen LogP contribution in [0.4, 0.5) is 0 Å². The molecule has 1 aliphatic rings. The number of carbonyl (C=O) groups is 1. The maximum atomic E-state index is 11.2. The van der Waals surface area contributed by atoms with Crippen LogP contribution in [-0.2, 0) is 9.31 Å². The molecule has 1 heterocycles. The van der Waals surface area contributed by atoms with E-state index in [1.165, 1.54) is 0 Å². The van der Waals surface area contributed by atoms with E-state index < -0.39 is 13.1 Å². The van der Waals surface area contributed by atoms with E-state index in [1.54, 1.807) is 12.1 Å². The number of aryl methyl sites for hydroxylation is 1. The molecule has 0 unspecified atom stereocenters. The number of hydrogen-bond acceptors (Lipinski definition) is 3. The van der Waals surface area contributed by atoms with Crippen molar-refractivity contribution in [3.8, 4) is 0 Å². The molecule has 0 aromatic heterocycles. The van der Waals surface area contributed by atoms with Gasteiger partial charge in [0.25, 0.3) is 0 Å². The molecule has 1 fully saturated rings. The maximum Gasteiger partial charge on any atom is 0.495 e. The number of rotatable bonds is 2. The topological polar surface area (TPSA) is 55.8 Å². The SMILES string of the molecule is Cc1cccc(C(=O)O)c1B1OCC(C)(C)O1. The number of aromatic carboxylic acids is 1. The molecule has 1 aromatic rings. The fourth-order valence-corrected chi connectivity index (χ4v) is 1.96. The predicted molar refractivity (Wildman–Crippen MR) is 64.6 cm³/mol. The second-order valence-corrected chi connectivity index (χ2v) is 4.86. The lowest BCUT2D eigenvalue weighted by Gasteiger charge is -2.17. The smallest absolute Gasteiger partial charge is 0.478 e. The highest BCUT2D eigenvalue weighted by Crippen LogP contribution is 2.21. The molecule has 0 radical (unpaired) electrons. The van der Waals surface area contributed by atoms with Crippen molar-refractivity contribution in [1.82, 2.24) is 0 Å². The van der Waals surface area contributed by atoms with Crippen LogP contribution in [-0.4, -0.2) is 30.4 Å². The summed E-state index contributed by atoms with van der Waals surface area (Å²) < 4.78 is 11.3. The van der Waals surface area contributed by atoms with Gasteiger partial charge in [-0.2, -0.15) is 0 Å². The van der Waals surface area contributed by atoms with E-state index in [0.29, 0.717) is 12.1 Å². The van der Waals surface area contributed by atoms with Crippen LogP contribution in [0.1, 0.15) is 29.8 Å². The Balaban J connectivity index is 2.42. The zero-order chi connectivity index (χ0) is 12.6. The molecule has 0 spiro atoms. The number of hydrogen-bond donors (Lipinski definition) is 1. The van der Waals surface area contributed by atoms with Crippen molar-refractivity contribution in [3.63, 3.8) is 0 Å². The predicted octanol–water partition coefficient (Wildman–Crippen LogP) is 1.21. The lowest BCUT2D eigenvalue weighted by molar-refractivity contribution is 0.0697. The highest BCUT2D eigenvalue weighted by Gasteiger charge is 2.40. The minimum Gasteiger partial charge on any atom is -0.478 e. The lowest BCUT2D eigenvalue weighted by Crippen LogP contribution is -2.39. The molecule has 1 aliphatic heterocycles. The molecule has 0 amide bonds. The Hall–Kier alpha value is -1.33. The van der Waals surface area contributed by atoms with Gasteiger partial charge >= 0.3 is 13.1 Å². The van der Waals surface area contributed by atoms with Gasteiger partial charge in [0.1, 0.15) is 0 Å². The normalized spacial score (nSPS) is 18.4. The molecule has 0 bridgehead atoms. The largest absolute Gasteiger partial charge is 0.495 e. The second kappa shape index (κ2) is 4.16.